The number of hydrogen-bond donors (Lipinski definition) is 2. The molecule has 7 nitrogen and oxygen atoms in total. The monoisotopic (exact) mass is 475 g/mol. The molecule has 0 amide bonds. The van der Waals surface area contributed by atoms with E-state index in [0.717, 1.165) is 25.0 Å². The van der Waals surface area contributed by atoms with Gasteiger partial charge in [-0.3, -0.25) is 4.79 Å². The average Bonchev–Trinajstić information content (AvgIpc) is 3.46. The number of imidazole rings is 1. The second kappa shape index (κ2) is 8.31. The molecule has 1 saturated heterocycles. The van der Waals surface area contributed by atoms with Crippen molar-refractivity contribution in [3.63, 3.8) is 0 Å². The molecule has 1 atom stereocenters. The number of carbonyl (C=O) groups excluding carboxylic acids is 1. The third kappa shape index (κ3) is 4.64. The number of halogens is 3. The van der Waals surface area contributed by atoms with Gasteiger partial charge in [0.25, 0.3) is 0 Å². The van der Waals surface area contributed by atoms with Crippen LogP contribution in [0.25, 0.3) is 21.3 Å². The molecule has 0 bridgehead atoms. The van der Waals surface area contributed by atoms with Gasteiger partial charge < -0.3 is 19.9 Å². The van der Waals surface area contributed by atoms with Crippen molar-refractivity contribution in [2.45, 2.75) is 19.2 Å². The summed E-state index contributed by atoms with van der Waals surface area (Å²) in [6, 6.07) is 9.49. The lowest BCUT2D eigenvalue weighted by atomic mass is 9.97. The van der Waals surface area contributed by atoms with Crippen molar-refractivity contribution in [2.75, 3.05) is 18.4 Å². The molecular weight excluding hydrogens is 455 g/mol. The predicted molar refractivity (Wildman–Crippen MR) is 120 cm³/mol. The minimum atomic E-state index is -4.75. The van der Waals surface area contributed by atoms with Gasteiger partial charge in [0, 0.05) is 25.1 Å². The third-order valence-electron chi connectivity index (χ3n) is 5.65. The molecule has 0 saturated carbocycles. The van der Waals surface area contributed by atoms with Crippen LogP contribution in [0.5, 0.6) is 5.75 Å². The molecule has 3 heterocycles. The van der Waals surface area contributed by atoms with Crippen molar-refractivity contribution in [1.29, 1.82) is 0 Å². The average molecular weight is 475 g/mol. The van der Waals surface area contributed by atoms with Gasteiger partial charge in [0.1, 0.15) is 5.75 Å². The lowest BCUT2D eigenvalue weighted by molar-refractivity contribution is -0.274. The van der Waals surface area contributed by atoms with Crippen LogP contribution in [0.3, 0.4) is 0 Å². The van der Waals surface area contributed by atoms with E-state index >= 15 is 0 Å². The highest BCUT2D eigenvalue weighted by Crippen LogP contribution is 2.33. The predicted octanol–water partition coefficient (Wildman–Crippen LogP) is 5.01. The molecule has 2 aromatic heterocycles. The molecule has 5 rings (SSSR count). The molecule has 2 N–H and O–H groups in total. The molecule has 1 unspecified atom stereocenters. The maximum atomic E-state index is 12.7. The van der Waals surface area contributed by atoms with Gasteiger partial charge >= 0.3 is 6.36 Å². The SMILES string of the molecule is Cn1c(Nc2nc3ccc(OC(F)(F)F)cc3s2)nc2cc(C(=O)CC3CCNC3)ccc21. The number of thiazole rings is 1. The second-order valence-electron chi connectivity index (χ2n) is 8.01. The Morgan fingerprint density at radius 1 is 1.24 bits per heavy atom. The lowest BCUT2D eigenvalue weighted by Gasteiger charge is -2.07. The summed E-state index contributed by atoms with van der Waals surface area (Å²) in [5.74, 6) is 0.697. The minimum Gasteiger partial charge on any atom is -0.406 e. The maximum absolute atomic E-state index is 12.7. The van der Waals surface area contributed by atoms with Gasteiger partial charge in [0.05, 0.1) is 21.3 Å². The fraction of sp³-hybridized carbons (Fsp3) is 0.318. The van der Waals surface area contributed by atoms with Crippen LogP contribution >= 0.6 is 11.3 Å². The van der Waals surface area contributed by atoms with Crippen LogP contribution < -0.4 is 15.4 Å². The molecule has 2 aromatic carbocycles. The summed E-state index contributed by atoms with van der Waals surface area (Å²) in [6.07, 6.45) is -3.22. The summed E-state index contributed by atoms with van der Waals surface area (Å²) in [4.78, 5) is 21.7. The van der Waals surface area contributed by atoms with Crippen molar-refractivity contribution in [1.82, 2.24) is 19.9 Å². The Labute approximate surface area is 190 Å². The molecule has 33 heavy (non-hydrogen) atoms. The van der Waals surface area contributed by atoms with Crippen molar-refractivity contribution in [3.05, 3.63) is 42.0 Å². The number of hydrogen-bond acceptors (Lipinski definition) is 7. The zero-order valence-electron chi connectivity index (χ0n) is 17.6. The standard InChI is InChI=1S/C22H20F3N5O2S/c1-30-17-5-2-13(18(31)8-12-6-7-26-11-12)9-16(17)27-20(30)29-21-28-15-4-3-14(10-19(15)33-21)32-22(23,24)25/h2-5,9-10,12,26H,6-8,11H2,1H3,(H,27,28,29). The number of nitrogens with one attached hydrogen (secondary N) is 2. The second-order valence-corrected chi connectivity index (χ2v) is 9.04. The first-order valence-electron chi connectivity index (χ1n) is 10.4. The number of nitrogens with zero attached hydrogens (tertiary/aromatic N) is 3. The Balaban J connectivity index is 1.37. The molecule has 172 valence electrons. The zero-order valence-corrected chi connectivity index (χ0v) is 18.4. The van der Waals surface area contributed by atoms with E-state index in [1.54, 1.807) is 6.07 Å². The van der Waals surface area contributed by atoms with Crippen LogP contribution in [-0.4, -0.2) is 39.8 Å². The fourth-order valence-corrected chi connectivity index (χ4v) is 4.89. The van der Waals surface area contributed by atoms with Crippen molar-refractivity contribution in [3.8, 4) is 5.75 Å². The van der Waals surface area contributed by atoms with Crippen LogP contribution in [0, 0.1) is 5.92 Å². The first-order chi connectivity index (χ1) is 15.7. The van der Waals surface area contributed by atoms with E-state index in [1.807, 2.05) is 23.7 Å². The molecule has 11 heteroatoms. The number of alkyl halides is 3. The maximum Gasteiger partial charge on any atom is 0.573 e. The summed E-state index contributed by atoms with van der Waals surface area (Å²) in [7, 11) is 1.84. The van der Waals surface area contributed by atoms with Crippen LogP contribution in [0.15, 0.2) is 36.4 Å². The van der Waals surface area contributed by atoms with E-state index in [2.05, 4.69) is 25.3 Å². The normalized spacial score (nSPS) is 16.5. The number of fused-ring (bicyclic) bond motifs is 2. The molecule has 0 spiro atoms. The quantitative estimate of drug-likeness (QED) is 0.382. The molecule has 0 aliphatic carbocycles. The Bertz CT molecular complexity index is 1340. The molecular formula is C22H20F3N5O2S. The Morgan fingerprint density at radius 2 is 2.09 bits per heavy atom. The Kier molecular flexibility index (Phi) is 5.45. The molecule has 4 aromatic rings. The lowest BCUT2D eigenvalue weighted by Crippen LogP contribution is -2.16. The summed E-state index contributed by atoms with van der Waals surface area (Å²) >= 11 is 1.19. The van der Waals surface area contributed by atoms with E-state index in [0.29, 0.717) is 44.7 Å². The van der Waals surface area contributed by atoms with E-state index in [-0.39, 0.29) is 11.5 Å². The number of ether oxygens (including phenoxy) is 1. The minimum absolute atomic E-state index is 0.105. The van der Waals surface area contributed by atoms with Gasteiger partial charge in [-0.25, -0.2) is 9.97 Å². The fourth-order valence-electron chi connectivity index (χ4n) is 4.00. The largest absolute Gasteiger partial charge is 0.573 e. The summed E-state index contributed by atoms with van der Waals surface area (Å²) in [6.45, 7) is 1.83. The van der Waals surface area contributed by atoms with Crippen molar-refractivity contribution in [2.24, 2.45) is 13.0 Å². The highest BCUT2D eigenvalue weighted by atomic mass is 32.1. The summed E-state index contributed by atoms with van der Waals surface area (Å²) < 4.78 is 43.8. The van der Waals surface area contributed by atoms with E-state index in [4.69, 9.17) is 0 Å². The smallest absolute Gasteiger partial charge is 0.406 e. The van der Waals surface area contributed by atoms with Crippen molar-refractivity contribution < 1.29 is 22.7 Å². The Hall–Kier alpha value is -3.18. The van der Waals surface area contributed by atoms with Crippen LogP contribution in [-0.2, 0) is 7.05 Å². The van der Waals surface area contributed by atoms with Gasteiger partial charge in [-0.1, -0.05) is 11.3 Å². The number of aromatic nitrogens is 3. The number of anilines is 2. The number of aryl methyl sites for hydroxylation is 1. The zero-order chi connectivity index (χ0) is 23.2. The number of carbonyl (C=O) groups is 1. The highest BCUT2D eigenvalue weighted by molar-refractivity contribution is 7.22. The van der Waals surface area contributed by atoms with E-state index in [1.165, 1.54) is 29.5 Å². The molecule has 1 fully saturated rings. The number of benzene rings is 2. The Morgan fingerprint density at radius 3 is 2.85 bits per heavy atom. The van der Waals surface area contributed by atoms with Crippen LogP contribution in [0.1, 0.15) is 23.2 Å². The number of rotatable bonds is 6. The van der Waals surface area contributed by atoms with Crippen LogP contribution in [0.4, 0.5) is 24.3 Å². The number of ketones is 1. The first-order valence-corrected chi connectivity index (χ1v) is 11.2. The highest BCUT2D eigenvalue weighted by Gasteiger charge is 2.31. The van der Waals surface area contributed by atoms with E-state index in [9.17, 15) is 18.0 Å². The van der Waals surface area contributed by atoms with Gasteiger partial charge in [0.2, 0.25) is 5.95 Å². The van der Waals surface area contributed by atoms with Gasteiger partial charge in [0.15, 0.2) is 10.9 Å². The van der Waals surface area contributed by atoms with Gasteiger partial charge in [-0.05, 0) is 55.8 Å². The van der Waals surface area contributed by atoms with Crippen LogP contribution in [0.2, 0.25) is 0 Å². The first kappa shape index (κ1) is 21.7. The van der Waals surface area contributed by atoms with Gasteiger partial charge in [-0.15, -0.1) is 13.2 Å². The summed E-state index contributed by atoms with van der Waals surface area (Å²) in [5, 5.41) is 6.89. The molecule has 1 aliphatic rings. The number of Topliss-reactive ketones (excluding diaryl/α,β-unsaturated/α-hetero) is 1. The molecule has 0 radical (unpaired) electrons. The molecule has 1 aliphatic heterocycles. The van der Waals surface area contributed by atoms with Crippen molar-refractivity contribution >= 4 is 49.4 Å². The third-order valence-corrected chi connectivity index (χ3v) is 6.59. The van der Waals surface area contributed by atoms with Gasteiger partial charge in [-0.2, -0.15) is 0 Å². The summed E-state index contributed by atoms with van der Waals surface area (Å²) in [5.41, 5.74) is 2.71. The van der Waals surface area contributed by atoms with E-state index < -0.39 is 6.36 Å². The topological polar surface area (TPSA) is 81.1 Å².